The van der Waals surface area contributed by atoms with E-state index in [0.29, 0.717) is 10.8 Å². The first kappa shape index (κ1) is 20.7. The van der Waals surface area contributed by atoms with Crippen LogP contribution in [0.4, 0.5) is 0 Å². The van der Waals surface area contributed by atoms with Gasteiger partial charge < -0.3 is 14.5 Å². The molecular weight excluding hydrogens is 387 g/mol. The second-order valence-electron chi connectivity index (χ2n) is 7.82. The summed E-state index contributed by atoms with van der Waals surface area (Å²) in [6.07, 6.45) is 0. The van der Waals surface area contributed by atoms with Gasteiger partial charge in [-0.2, -0.15) is 0 Å². The normalized spacial score (nSPS) is 11.9. The number of halogens is 1. The van der Waals surface area contributed by atoms with Gasteiger partial charge in [-0.1, -0.05) is 93.0 Å². The molecule has 0 bridgehead atoms. The summed E-state index contributed by atoms with van der Waals surface area (Å²) >= 11 is 6.12. The molecule has 0 heterocycles. The van der Waals surface area contributed by atoms with Crippen molar-refractivity contribution >= 4 is 42.9 Å². The summed E-state index contributed by atoms with van der Waals surface area (Å²) in [5.74, 6) is 0.571. The van der Waals surface area contributed by atoms with Gasteiger partial charge in [-0.15, -0.1) is 0 Å². The lowest BCUT2D eigenvalue weighted by atomic mass is 9.80. The van der Waals surface area contributed by atoms with Gasteiger partial charge in [0.05, 0.1) is 0 Å². The first-order valence-corrected chi connectivity index (χ1v) is 11.5. The highest BCUT2D eigenvalue weighted by molar-refractivity contribution is 7.00. The van der Waals surface area contributed by atoms with E-state index in [1.54, 1.807) is 18.2 Å². The molecule has 0 amide bonds. The largest absolute Gasteiger partial charge is 0.534 e. The van der Waals surface area contributed by atoms with E-state index in [2.05, 4.69) is 45.0 Å². The summed E-state index contributed by atoms with van der Waals surface area (Å²) in [7, 11) is -4.43. The Labute approximate surface area is 172 Å². The second-order valence-corrected chi connectivity index (χ2v) is 12.5. The minimum Gasteiger partial charge on any atom is -0.534 e. The van der Waals surface area contributed by atoms with Gasteiger partial charge in [-0.05, 0) is 33.6 Å². The summed E-state index contributed by atoms with van der Waals surface area (Å²) in [5, 5.41) is 21.7. The third-order valence-electron chi connectivity index (χ3n) is 4.93. The van der Waals surface area contributed by atoms with Gasteiger partial charge in [0.2, 0.25) is 0 Å². The van der Waals surface area contributed by atoms with E-state index in [1.807, 2.05) is 36.4 Å². The maximum Gasteiger partial charge on any atom is 0.490 e. The van der Waals surface area contributed by atoms with Crippen molar-refractivity contribution < 1.29 is 14.5 Å². The van der Waals surface area contributed by atoms with Crippen molar-refractivity contribution in [2.45, 2.75) is 25.8 Å². The fraction of sp³-hybridized carbons (Fsp3) is 0.182. The van der Waals surface area contributed by atoms with Gasteiger partial charge in [0.15, 0.2) is 0 Å². The Kier molecular flexibility index (Phi) is 6.01. The summed E-state index contributed by atoms with van der Waals surface area (Å²) in [4.78, 5) is 0. The van der Waals surface area contributed by atoms with Crippen molar-refractivity contribution in [1.29, 1.82) is 0 Å². The molecule has 6 heteroatoms. The minimum atomic E-state index is -2.77. The molecule has 3 nitrogen and oxygen atoms in total. The lowest BCUT2D eigenvalue weighted by Crippen LogP contribution is -2.68. The van der Waals surface area contributed by atoms with Crippen LogP contribution in [0.15, 0.2) is 78.9 Å². The molecule has 0 aliphatic rings. The Morgan fingerprint density at radius 2 is 1.32 bits per heavy atom. The van der Waals surface area contributed by atoms with Crippen molar-refractivity contribution in [1.82, 2.24) is 0 Å². The van der Waals surface area contributed by atoms with E-state index in [9.17, 15) is 10.0 Å². The molecule has 28 heavy (non-hydrogen) atoms. The van der Waals surface area contributed by atoms with E-state index in [-0.39, 0.29) is 10.5 Å². The Hall–Kier alpha value is -2.05. The van der Waals surface area contributed by atoms with Crippen LogP contribution in [0.3, 0.4) is 0 Å². The Morgan fingerprint density at radius 3 is 1.75 bits per heavy atom. The fourth-order valence-electron chi connectivity index (χ4n) is 3.61. The van der Waals surface area contributed by atoms with Crippen LogP contribution in [0.2, 0.25) is 10.1 Å². The molecule has 0 radical (unpaired) electrons. The van der Waals surface area contributed by atoms with Gasteiger partial charge in [0.1, 0.15) is 5.75 Å². The number of hydrogen-bond acceptors (Lipinski definition) is 3. The van der Waals surface area contributed by atoms with Crippen molar-refractivity contribution in [3.63, 3.8) is 0 Å². The Balaban J connectivity index is 2.24. The maximum absolute atomic E-state index is 9.65. The van der Waals surface area contributed by atoms with Crippen LogP contribution in [0.25, 0.3) is 0 Å². The minimum absolute atomic E-state index is 0.187. The molecule has 0 unspecified atom stereocenters. The van der Waals surface area contributed by atoms with Gasteiger partial charge in [-0.25, -0.2) is 0 Å². The monoisotopic (exact) mass is 410 g/mol. The first-order valence-electron chi connectivity index (χ1n) is 9.21. The average molecular weight is 411 g/mol. The molecule has 0 fully saturated rings. The smallest absolute Gasteiger partial charge is 0.490 e. The lowest BCUT2D eigenvalue weighted by Gasteiger charge is -2.43. The molecule has 0 saturated heterocycles. The predicted molar refractivity (Wildman–Crippen MR) is 120 cm³/mol. The van der Waals surface area contributed by atoms with Crippen molar-refractivity contribution in [2.75, 3.05) is 0 Å². The molecule has 3 aromatic carbocycles. The summed E-state index contributed by atoms with van der Waals surface area (Å²) in [6, 6.07) is 25.6. The van der Waals surface area contributed by atoms with Gasteiger partial charge >= 0.3 is 15.4 Å². The van der Waals surface area contributed by atoms with E-state index in [1.165, 1.54) is 0 Å². The quantitative estimate of drug-likeness (QED) is 0.636. The molecule has 3 rings (SSSR count). The SMILES string of the molecule is CC(C)(C)[Si](Oc1ccc(Cl)c(B(O)O)c1)(c1ccccc1)c1ccccc1. The van der Waals surface area contributed by atoms with Crippen LogP contribution in [-0.4, -0.2) is 25.5 Å². The summed E-state index contributed by atoms with van der Waals surface area (Å²) < 4.78 is 6.84. The van der Waals surface area contributed by atoms with E-state index in [4.69, 9.17) is 16.0 Å². The van der Waals surface area contributed by atoms with Crippen LogP contribution in [0.5, 0.6) is 5.75 Å². The standard InChI is InChI=1S/C22H24BClO3Si/c1-22(2,3)28(18-10-6-4-7-11-18,19-12-8-5-9-13-19)27-17-14-15-21(24)20(16-17)23(25)26/h4-16,25-26H,1-3H3. The molecule has 0 aromatic heterocycles. The molecule has 0 atom stereocenters. The molecule has 0 saturated carbocycles. The van der Waals surface area contributed by atoms with E-state index < -0.39 is 15.4 Å². The van der Waals surface area contributed by atoms with Crippen molar-refractivity contribution in [3.8, 4) is 5.75 Å². The molecule has 144 valence electrons. The van der Waals surface area contributed by atoms with Crippen molar-refractivity contribution in [2.24, 2.45) is 0 Å². The Bertz CT molecular complexity index is 888. The highest BCUT2D eigenvalue weighted by atomic mass is 35.5. The molecule has 3 aromatic rings. The van der Waals surface area contributed by atoms with Crippen LogP contribution in [0.1, 0.15) is 20.8 Å². The summed E-state index contributed by atoms with van der Waals surface area (Å²) in [5.41, 5.74) is 0.233. The third-order valence-corrected chi connectivity index (χ3v) is 10.2. The topological polar surface area (TPSA) is 49.7 Å². The zero-order valence-electron chi connectivity index (χ0n) is 16.3. The number of hydrogen-bond donors (Lipinski definition) is 2. The highest BCUT2D eigenvalue weighted by Gasteiger charge is 2.52. The Morgan fingerprint density at radius 1 is 0.821 bits per heavy atom. The first-order chi connectivity index (χ1) is 13.3. The van der Waals surface area contributed by atoms with Crippen LogP contribution in [-0.2, 0) is 0 Å². The van der Waals surface area contributed by atoms with E-state index >= 15 is 0 Å². The average Bonchev–Trinajstić information content (AvgIpc) is 2.67. The molecule has 0 aliphatic carbocycles. The highest BCUT2D eigenvalue weighted by Crippen LogP contribution is 2.37. The van der Waals surface area contributed by atoms with Gasteiger partial charge in [-0.3, -0.25) is 0 Å². The lowest BCUT2D eigenvalue weighted by molar-refractivity contribution is 0.425. The number of rotatable bonds is 5. The summed E-state index contributed by atoms with van der Waals surface area (Å²) in [6.45, 7) is 6.57. The second kappa shape index (κ2) is 8.13. The van der Waals surface area contributed by atoms with Gasteiger partial charge in [0, 0.05) is 10.5 Å². The van der Waals surface area contributed by atoms with Crippen LogP contribution in [0, 0.1) is 0 Å². The molecule has 2 N–H and O–H groups in total. The molecule has 0 aliphatic heterocycles. The third kappa shape index (κ3) is 3.89. The zero-order chi connectivity index (χ0) is 20.4. The van der Waals surface area contributed by atoms with Crippen LogP contribution < -0.4 is 20.3 Å². The molecule has 0 spiro atoms. The fourth-order valence-corrected chi connectivity index (χ4v) is 8.24. The predicted octanol–water partition coefficient (Wildman–Crippen LogP) is 2.96. The van der Waals surface area contributed by atoms with Gasteiger partial charge in [0.25, 0.3) is 0 Å². The van der Waals surface area contributed by atoms with E-state index in [0.717, 1.165) is 10.4 Å². The molecular formula is C22H24BClO3Si. The zero-order valence-corrected chi connectivity index (χ0v) is 18.0. The van der Waals surface area contributed by atoms with Crippen molar-refractivity contribution in [3.05, 3.63) is 83.9 Å². The number of benzene rings is 3. The van der Waals surface area contributed by atoms with Crippen LogP contribution >= 0.6 is 11.6 Å². The maximum atomic E-state index is 9.65.